The Balaban J connectivity index is 1.91. The van der Waals surface area contributed by atoms with Gasteiger partial charge < -0.3 is 14.0 Å². The van der Waals surface area contributed by atoms with E-state index in [0.29, 0.717) is 16.9 Å². The molecule has 0 saturated carbocycles. The van der Waals surface area contributed by atoms with E-state index >= 15 is 0 Å². The molecule has 0 amide bonds. The number of halogens is 1. The van der Waals surface area contributed by atoms with Crippen molar-refractivity contribution in [3.05, 3.63) is 53.8 Å². The minimum Gasteiger partial charge on any atom is -0.489 e. The van der Waals surface area contributed by atoms with E-state index in [4.69, 9.17) is 14.0 Å². The minimum absolute atomic E-state index is 0.0439. The first-order chi connectivity index (χ1) is 13.9. The van der Waals surface area contributed by atoms with Crippen molar-refractivity contribution in [3.8, 4) is 5.75 Å². The van der Waals surface area contributed by atoms with Crippen LogP contribution in [0.3, 0.4) is 0 Å². The molecule has 0 spiro atoms. The molecule has 1 aliphatic rings. The average molecular weight is 435 g/mol. The highest BCUT2D eigenvalue weighted by atomic mass is 32.2. The van der Waals surface area contributed by atoms with E-state index in [1.54, 1.807) is 37.3 Å². The fourth-order valence-electron chi connectivity index (χ4n) is 2.88. The van der Waals surface area contributed by atoms with Gasteiger partial charge in [0.25, 0.3) is 0 Å². The van der Waals surface area contributed by atoms with Gasteiger partial charge in [0.1, 0.15) is 18.2 Å². The van der Waals surface area contributed by atoms with Gasteiger partial charge >= 0.3 is 7.12 Å². The van der Waals surface area contributed by atoms with Gasteiger partial charge in [0.05, 0.1) is 22.6 Å². The maximum atomic E-state index is 13.2. The summed E-state index contributed by atoms with van der Waals surface area (Å²) in [5.74, 6) is 0.0549. The van der Waals surface area contributed by atoms with Crippen LogP contribution in [0.1, 0.15) is 40.2 Å². The maximum absolute atomic E-state index is 13.2. The first-order valence-electron chi connectivity index (χ1n) is 9.80. The van der Waals surface area contributed by atoms with Gasteiger partial charge in [-0.05, 0) is 58.4 Å². The summed E-state index contributed by atoms with van der Waals surface area (Å²) in [4.78, 5) is 0. The largest absolute Gasteiger partial charge is 0.498 e. The van der Waals surface area contributed by atoms with Gasteiger partial charge in [-0.2, -0.15) is 0 Å². The molecule has 1 N–H and O–H groups in total. The molecular formula is C21H27BFNO5S. The summed E-state index contributed by atoms with van der Waals surface area (Å²) in [7, 11) is -4.11. The zero-order valence-corrected chi connectivity index (χ0v) is 18.7. The van der Waals surface area contributed by atoms with E-state index in [1.807, 2.05) is 27.7 Å². The molecule has 162 valence electrons. The standard InChI is InChI=1S/C21H27BFNO5S/c1-6-30(25,26)24-17-11-12-18(22-28-20(2,3)21(4,5)29-22)19(13-17)27-14-15-7-9-16(23)10-8-15/h7-13,24H,6,14H2,1-5H3. The van der Waals surface area contributed by atoms with Gasteiger partial charge in [0, 0.05) is 11.5 Å². The van der Waals surface area contributed by atoms with Crippen LogP contribution in [0, 0.1) is 5.82 Å². The van der Waals surface area contributed by atoms with Gasteiger partial charge in [-0.3, -0.25) is 4.72 Å². The lowest BCUT2D eigenvalue weighted by Gasteiger charge is -2.32. The second-order valence-corrected chi connectivity index (χ2v) is 10.3. The number of sulfonamides is 1. The number of nitrogens with one attached hydrogen (secondary N) is 1. The SMILES string of the molecule is CCS(=O)(=O)Nc1ccc(B2OC(C)(C)C(C)(C)O2)c(OCc2ccc(F)cc2)c1. The quantitative estimate of drug-likeness (QED) is 0.675. The van der Waals surface area contributed by atoms with Crippen LogP contribution in [0.15, 0.2) is 42.5 Å². The lowest BCUT2D eigenvalue weighted by molar-refractivity contribution is 0.00578. The van der Waals surface area contributed by atoms with E-state index in [0.717, 1.165) is 5.56 Å². The van der Waals surface area contributed by atoms with E-state index in [9.17, 15) is 12.8 Å². The molecule has 1 fully saturated rings. The van der Waals surface area contributed by atoms with Crippen LogP contribution in [0.2, 0.25) is 0 Å². The van der Waals surface area contributed by atoms with Crippen molar-refractivity contribution in [2.24, 2.45) is 0 Å². The number of rotatable bonds is 7. The van der Waals surface area contributed by atoms with Gasteiger partial charge in [-0.15, -0.1) is 0 Å². The number of anilines is 1. The van der Waals surface area contributed by atoms with Gasteiger partial charge in [0.15, 0.2) is 0 Å². The van der Waals surface area contributed by atoms with E-state index in [-0.39, 0.29) is 18.2 Å². The first kappa shape index (κ1) is 22.6. The molecule has 2 aromatic rings. The van der Waals surface area contributed by atoms with Crippen LogP contribution >= 0.6 is 0 Å². The lowest BCUT2D eigenvalue weighted by atomic mass is 9.78. The molecule has 9 heteroatoms. The number of ether oxygens (including phenoxy) is 1. The molecule has 0 aromatic heterocycles. The molecular weight excluding hydrogens is 408 g/mol. The lowest BCUT2D eigenvalue weighted by Crippen LogP contribution is -2.41. The number of hydrogen-bond acceptors (Lipinski definition) is 5. The summed E-state index contributed by atoms with van der Waals surface area (Å²) >= 11 is 0. The fraction of sp³-hybridized carbons (Fsp3) is 0.429. The molecule has 6 nitrogen and oxygen atoms in total. The van der Waals surface area contributed by atoms with Crippen molar-refractivity contribution in [2.45, 2.75) is 52.4 Å². The third-order valence-corrected chi connectivity index (χ3v) is 6.79. The Morgan fingerprint density at radius 3 is 2.20 bits per heavy atom. The highest BCUT2D eigenvalue weighted by molar-refractivity contribution is 7.92. The van der Waals surface area contributed by atoms with Crippen molar-refractivity contribution in [2.75, 3.05) is 10.5 Å². The fourth-order valence-corrected chi connectivity index (χ4v) is 3.51. The summed E-state index contributed by atoms with van der Waals surface area (Å²) in [5, 5.41) is 0. The minimum atomic E-state index is -3.44. The molecule has 0 aliphatic carbocycles. The van der Waals surface area contributed by atoms with Crippen LogP contribution in [-0.2, 0) is 25.9 Å². The molecule has 2 aromatic carbocycles. The Bertz CT molecular complexity index is 993. The average Bonchev–Trinajstić information content (AvgIpc) is 2.88. The van der Waals surface area contributed by atoms with Gasteiger partial charge in [-0.25, -0.2) is 12.8 Å². The summed E-state index contributed by atoms with van der Waals surface area (Å²) in [6.45, 7) is 9.56. The molecule has 1 saturated heterocycles. The van der Waals surface area contributed by atoms with E-state index in [1.165, 1.54) is 12.1 Å². The van der Waals surface area contributed by atoms with Crippen LogP contribution in [0.5, 0.6) is 5.75 Å². The summed E-state index contributed by atoms with van der Waals surface area (Å²) < 4.78 is 57.9. The van der Waals surface area contributed by atoms with Gasteiger partial charge in [-0.1, -0.05) is 18.2 Å². The van der Waals surface area contributed by atoms with Crippen LogP contribution in [-0.4, -0.2) is 32.5 Å². The van der Waals surface area contributed by atoms with Crippen molar-refractivity contribution in [3.63, 3.8) is 0 Å². The first-order valence-corrected chi connectivity index (χ1v) is 11.4. The topological polar surface area (TPSA) is 73.9 Å². The Kier molecular flexibility index (Phi) is 6.18. The van der Waals surface area contributed by atoms with Crippen LogP contribution in [0.25, 0.3) is 0 Å². The second kappa shape index (κ2) is 8.21. The van der Waals surface area contributed by atoms with Crippen molar-refractivity contribution in [1.29, 1.82) is 0 Å². The molecule has 30 heavy (non-hydrogen) atoms. The third kappa shape index (κ3) is 4.96. The Hall–Kier alpha value is -2.10. The molecule has 1 aliphatic heterocycles. The Morgan fingerprint density at radius 2 is 1.63 bits per heavy atom. The predicted octanol–water partition coefficient (Wildman–Crippen LogP) is 3.47. The normalized spacial score (nSPS) is 17.7. The number of hydrogen-bond donors (Lipinski definition) is 1. The molecule has 0 radical (unpaired) electrons. The Morgan fingerprint density at radius 1 is 1.03 bits per heavy atom. The highest BCUT2D eigenvalue weighted by Gasteiger charge is 2.52. The van der Waals surface area contributed by atoms with Crippen LogP contribution < -0.4 is 14.9 Å². The van der Waals surface area contributed by atoms with E-state index < -0.39 is 28.3 Å². The Labute approximate surface area is 177 Å². The second-order valence-electron chi connectivity index (χ2n) is 8.26. The zero-order valence-electron chi connectivity index (χ0n) is 17.9. The maximum Gasteiger partial charge on any atom is 0.498 e. The molecule has 0 bridgehead atoms. The smallest absolute Gasteiger partial charge is 0.489 e. The summed E-state index contributed by atoms with van der Waals surface area (Å²) in [5.41, 5.74) is 0.736. The predicted molar refractivity (Wildman–Crippen MR) is 116 cm³/mol. The zero-order chi connectivity index (χ0) is 22.2. The third-order valence-electron chi connectivity index (χ3n) is 5.48. The molecule has 1 heterocycles. The summed E-state index contributed by atoms with van der Waals surface area (Å²) in [6, 6.07) is 11.0. The summed E-state index contributed by atoms with van der Waals surface area (Å²) in [6.07, 6.45) is 0. The van der Waals surface area contributed by atoms with E-state index in [2.05, 4.69) is 4.72 Å². The number of benzene rings is 2. The van der Waals surface area contributed by atoms with Crippen molar-refractivity contribution in [1.82, 2.24) is 0 Å². The molecule has 3 rings (SSSR count). The molecule has 0 unspecified atom stereocenters. The van der Waals surface area contributed by atoms with Crippen molar-refractivity contribution >= 4 is 28.3 Å². The van der Waals surface area contributed by atoms with Crippen molar-refractivity contribution < 1.29 is 26.9 Å². The van der Waals surface area contributed by atoms with Gasteiger partial charge in [0.2, 0.25) is 10.0 Å². The van der Waals surface area contributed by atoms with Crippen LogP contribution in [0.4, 0.5) is 10.1 Å². The monoisotopic (exact) mass is 435 g/mol. The molecule has 0 atom stereocenters. The highest BCUT2D eigenvalue weighted by Crippen LogP contribution is 2.37.